The monoisotopic (exact) mass is 441 g/mol. The average molecular weight is 441 g/mol. The van der Waals surface area contributed by atoms with Gasteiger partial charge >= 0.3 is 5.97 Å². The van der Waals surface area contributed by atoms with Gasteiger partial charge in [-0.15, -0.1) is 5.06 Å². The molecule has 30 heavy (non-hydrogen) atoms. The van der Waals surface area contributed by atoms with Crippen LogP contribution in [0.1, 0.15) is 28.8 Å². The fraction of sp³-hybridized carbons (Fsp3) is 0.118. The van der Waals surface area contributed by atoms with E-state index in [1.54, 1.807) is 6.07 Å². The molecule has 0 unspecified atom stereocenters. The first-order valence-corrected chi connectivity index (χ1v) is 9.59. The van der Waals surface area contributed by atoms with Crippen molar-refractivity contribution in [2.24, 2.45) is 5.10 Å². The van der Waals surface area contributed by atoms with Gasteiger partial charge in [0.15, 0.2) is 0 Å². The van der Waals surface area contributed by atoms with Crippen LogP contribution in [0, 0.1) is 0 Å². The number of anilines is 1. The van der Waals surface area contributed by atoms with Gasteiger partial charge in [0.1, 0.15) is 10.7 Å². The van der Waals surface area contributed by atoms with Crippen molar-refractivity contribution >= 4 is 69.5 Å². The third-order valence-corrected chi connectivity index (χ3v) is 4.69. The zero-order valence-corrected chi connectivity index (χ0v) is 18.5. The van der Waals surface area contributed by atoms with E-state index in [0.717, 1.165) is 6.20 Å². The van der Waals surface area contributed by atoms with Gasteiger partial charge in [-0.3, -0.25) is 19.6 Å². The first-order valence-electron chi connectivity index (χ1n) is 8.15. The van der Waals surface area contributed by atoms with Gasteiger partial charge in [-0.2, -0.15) is 13.5 Å². The van der Waals surface area contributed by atoms with Crippen molar-refractivity contribution < 1.29 is 32.2 Å². The molecule has 1 aliphatic heterocycles. The Hall–Kier alpha value is -2.64. The summed E-state index contributed by atoms with van der Waals surface area (Å²) in [7, 11) is -4.40. The van der Waals surface area contributed by atoms with Gasteiger partial charge in [-0.1, -0.05) is 18.2 Å². The molecule has 0 saturated carbocycles. The quantitative estimate of drug-likeness (QED) is 0.216. The van der Waals surface area contributed by atoms with Gasteiger partial charge in [0.05, 0.1) is 11.8 Å². The minimum Gasteiger partial charge on any atom is -0.325 e. The maximum atomic E-state index is 12.0. The number of nitrogens with zero attached hydrogens (tertiary/aromatic N) is 3. The molecule has 1 saturated heterocycles. The Morgan fingerprint density at radius 1 is 1.17 bits per heavy atom. The predicted octanol–water partition coefficient (Wildman–Crippen LogP) is 0.614. The third kappa shape index (κ3) is 5.70. The Morgan fingerprint density at radius 3 is 2.43 bits per heavy atom. The number of benzene rings is 1. The van der Waals surface area contributed by atoms with E-state index in [2.05, 4.69) is 15.5 Å². The van der Waals surface area contributed by atoms with Crippen LogP contribution in [0.15, 0.2) is 52.6 Å². The maximum Gasteiger partial charge on any atom is 0.365 e. The van der Waals surface area contributed by atoms with E-state index in [0.29, 0.717) is 5.06 Å². The summed E-state index contributed by atoms with van der Waals surface area (Å²) >= 11 is 0. The minimum atomic E-state index is -4.40. The smallest absolute Gasteiger partial charge is 0.325 e. The number of hydrogen-bond acceptors (Lipinski definition) is 9. The van der Waals surface area contributed by atoms with Gasteiger partial charge in [0, 0.05) is 54.2 Å². The van der Waals surface area contributed by atoms with E-state index < -0.39 is 27.9 Å². The molecule has 13 heteroatoms. The van der Waals surface area contributed by atoms with Crippen LogP contribution in [-0.2, 0) is 24.5 Å². The number of pyridine rings is 1. The zero-order chi connectivity index (χ0) is 21.0. The van der Waals surface area contributed by atoms with E-state index in [1.807, 2.05) is 0 Å². The van der Waals surface area contributed by atoms with Crippen LogP contribution in [0.25, 0.3) is 0 Å². The molecular weight excluding hydrogens is 427 g/mol. The number of carbonyl (C=O) groups is 3. The van der Waals surface area contributed by atoms with Crippen molar-refractivity contribution in [3.63, 3.8) is 0 Å². The molecule has 11 nitrogen and oxygen atoms in total. The molecule has 0 aliphatic carbocycles. The van der Waals surface area contributed by atoms with Crippen LogP contribution in [0.2, 0.25) is 0 Å². The third-order valence-electron chi connectivity index (χ3n) is 3.76. The molecule has 2 aromatic rings. The first kappa shape index (κ1) is 23.6. The van der Waals surface area contributed by atoms with Gasteiger partial charge in [0.2, 0.25) is 0 Å². The summed E-state index contributed by atoms with van der Waals surface area (Å²) in [6.07, 6.45) is 2.31. The Morgan fingerprint density at radius 2 is 1.83 bits per heavy atom. The Kier molecular flexibility index (Phi) is 7.81. The second-order valence-electron chi connectivity index (χ2n) is 5.78. The number of hydrogen-bond donors (Lipinski definition) is 2. The molecule has 1 aromatic heterocycles. The summed E-state index contributed by atoms with van der Waals surface area (Å²) in [4.78, 5) is 43.3. The number of rotatable bonds is 6. The first-order chi connectivity index (χ1) is 13.8. The second kappa shape index (κ2) is 9.91. The summed E-state index contributed by atoms with van der Waals surface area (Å²) in [6.45, 7) is 0. The molecule has 2 amide bonds. The van der Waals surface area contributed by atoms with Crippen molar-refractivity contribution in [1.29, 1.82) is 0 Å². The van der Waals surface area contributed by atoms with Crippen molar-refractivity contribution in [3.05, 3.63) is 53.7 Å². The van der Waals surface area contributed by atoms with E-state index in [9.17, 15) is 27.4 Å². The summed E-state index contributed by atoms with van der Waals surface area (Å²) in [5.74, 6) is -1.88. The molecule has 2 N–H and O–H groups in total. The molecule has 2 heterocycles. The molecule has 0 spiro atoms. The van der Waals surface area contributed by atoms with Crippen LogP contribution in [-0.4, -0.2) is 76.6 Å². The summed E-state index contributed by atoms with van der Waals surface area (Å²) < 4.78 is 31.8. The van der Waals surface area contributed by atoms with Gasteiger partial charge < -0.3 is 4.84 Å². The largest absolute Gasteiger partial charge is 0.365 e. The number of imide groups is 1. The minimum absolute atomic E-state index is 0. The van der Waals surface area contributed by atoms with E-state index in [1.165, 1.54) is 36.5 Å². The van der Waals surface area contributed by atoms with Crippen LogP contribution in [0.5, 0.6) is 0 Å². The van der Waals surface area contributed by atoms with Gasteiger partial charge in [-0.25, -0.2) is 9.78 Å². The number of carbonyl (C=O) groups excluding carboxylic acids is 3. The van der Waals surface area contributed by atoms with Crippen LogP contribution < -0.4 is 5.43 Å². The second-order valence-corrected chi connectivity index (χ2v) is 7.17. The number of hydroxylamine groups is 2. The maximum absolute atomic E-state index is 12.0. The fourth-order valence-corrected chi connectivity index (χ4v) is 3.03. The predicted molar refractivity (Wildman–Crippen MR) is 104 cm³/mol. The number of amides is 2. The molecule has 0 bridgehead atoms. The molecule has 0 atom stereocenters. The van der Waals surface area contributed by atoms with Crippen LogP contribution in [0.4, 0.5) is 5.82 Å². The molecule has 1 aromatic carbocycles. The van der Waals surface area contributed by atoms with E-state index >= 15 is 0 Å². The molecule has 1 radical (unpaired) electrons. The van der Waals surface area contributed by atoms with Crippen LogP contribution in [0.3, 0.4) is 0 Å². The zero-order valence-electron chi connectivity index (χ0n) is 15.7. The molecule has 1 fully saturated rings. The molecule has 3 rings (SSSR count). The number of nitrogens with one attached hydrogen (secondary N) is 1. The SMILES string of the molecule is O=C(ON1C(=O)CCC1=O)c1ccc(NN=Cc2ccccc2S(=O)(=O)O)nc1.[Na]. The summed E-state index contributed by atoms with van der Waals surface area (Å²) in [6, 6.07) is 8.43. The van der Waals surface area contributed by atoms with Crippen molar-refractivity contribution in [2.45, 2.75) is 17.7 Å². The molecule has 1 aliphatic rings. The van der Waals surface area contributed by atoms with Crippen molar-refractivity contribution in [3.8, 4) is 0 Å². The van der Waals surface area contributed by atoms with Gasteiger partial charge in [-0.05, 0) is 18.2 Å². The van der Waals surface area contributed by atoms with Crippen molar-refractivity contribution in [1.82, 2.24) is 10.0 Å². The van der Waals surface area contributed by atoms with E-state index in [4.69, 9.17) is 4.84 Å². The van der Waals surface area contributed by atoms with Crippen LogP contribution >= 0.6 is 0 Å². The normalized spacial score (nSPS) is 14.0. The number of hydrazone groups is 1. The number of aromatic nitrogens is 1. The Bertz CT molecular complexity index is 1090. The molecule has 151 valence electrons. The average Bonchev–Trinajstić information content (AvgIpc) is 3.00. The standard InChI is InChI=1S/C17H14N4O7S.Na/c22-15-7-8-16(23)21(15)28-17(24)12-5-6-14(18-9-12)20-19-10-11-3-1-2-4-13(11)29(25,26)27;/h1-6,9-10H,7-8H2,(H,18,20)(H,25,26,27);. The van der Waals surface area contributed by atoms with Crippen molar-refractivity contribution in [2.75, 3.05) is 5.43 Å². The summed E-state index contributed by atoms with van der Waals surface area (Å²) in [5.41, 5.74) is 2.69. The van der Waals surface area contributed by atoms with Gasteiger partial charge in [0.25, 0.3) is 21.9 Å². The summed E-state index contributed by atoms with van der Waals surface area (Å²) in [5, 5.41) is 4.27. The Balaban J connectivity index is 0.00000320. The Labute approximate surface area is 193 Å². The fourth-order valence-electron chi connectivity index (χ4n) is 2.36. The van der Waals surface area contributed by atoms with E-state index in [-0.39, 0.29) is 64.2 Å². The topological polar surface area (TPSA) is 155 Å². The molecular formula is C17H14N4NaO7S.